The molecule has 0 unspecified atom stereocenters. The Morgan fingerprint density at radius 3 is 2.18 bits per heavy atom. The Morgan fingerprint density at radius 1 is 1.27 bits per heavy atom. The number of thioether (sulfide) groups is 1. The fourth-order valence-corrected chi connectivity index (χ4v) is 1.57. The number of hydrogen-bond acceptors (Lipinski definition) is 1. The normalized spacial score (nSPS) is 11.1. The molecule has 0 aliphatic rings. The summed E-state index contributed by atoms with van der Waals surface area (Å²) in [5, 5.41) is 0.759. The van der Waals surface area contributed by atoms with E-state index in [2.05, 4.69) is 34.3 Å². The number of hydrogen-bond donors (Lipinski definition) is 0. The molecule has 0 aliphatic carbocycles. The van der Waals surface area contributed by atoms with Crippen LogP contribution in [0, 0.1) is 5.92 Å². The second-order valence-electron chi connectivity index (χ2n) is 3.48. The predicted octanol–water partition coefficient (Wildman–Crippen LogP) is 3.73. The zero-order valence-corrected chi connectivity index (χ0v) is 9.00. The molecule has 0 bridgehead atoms. The highest BCUT2D eigenvalue weighted by atomic mass is 32.2. The predicted molar refractivity (Wildman–Crippen MR) is 56.2 cm³/mol. The van der Waals surface area contributed by atoms with Crippen LogP contribution in [-0.2, 0) is 0 Å². The van der Waals surface area contributed by atoms with E-state index in [1.54, 1.807) is 0 Å². The maximum absolute atomic E-state index is 4.04. The molecule has 0 fully saturated rings. The van der Waals surface area contributed by atoms with Crippen LogP contribution < -0.4 is 0 Å². The Bertz CT molecular complexity index is 114. The highest BCUT2D eigenvalue weighted by Gasteiger charge is 2.00. The van der Waals surface area contributed by atoms with E-state index in [0.717, 1.165) is 5.25 Å². The van der Waals surface area contributed by atoms with Crippen LogP contribution in [0.1, 0.15) is 34.1 Å². The van der Waals surface area contributed by atoms with Crippen LogP contribution in [0.15, 0.2) is 12.2 Å². The Balaban J connectivity index is 3.32. The molecule has 0 atom stereocenters. The van der Waals surface area contributed by atoms with Gasteiger partial charge in [-0.1, -0.05) is 39.8 Å². The van der Waals surface area contributed by atoms with E-state index in [9.17, 15) is 0 Å². The van der Waals surface area contributed by atoms with Crippen molar-refractivity contribution in [2.24, 2.45) is 5.92 Å². The quantitative estimate of drug-likeness (QED) is 0.569. The van der Waals surface area contributed by atoms with Crippen LogP contribution in [0.3, 0.4) is 0 Å². The summed E-state index contributed by atoms with van der Waals surface area (Å²) in [5.41, 5.74) is 1.39. The van der Waals surface area contributed by atoms with E-state index in [4.69, 9.17) is 0 Å². The molecule has 66 valence electrons. The standard InChI is InChI=1S/C10H20S/c1-8(2)10(5)6-7-11-9(3)4/h8-9H,5-7H2,1-4H3. The van der Waals surface area contributed by atoms with Crippen LogP contribution in [0.5, 0.6) is 0 Å². The van der Waals surface area contributed by atoms with Crippen molar-refractivity contribution in [1.82, 2.24) is 0 Å². The highest BCUT2D eigenvalue weighted by molar-refractivity contribution is 7.99. The van der Waals surface area contributed by atoms with Crippen molar-refractivity contribution in [2.75, 3.05) is 5.75 Å². The molecule has 0 spiro atoms. The van der Waals surface area contributed by atoms with Crippen LogP contribution in [0.2, 0.25) is 0 Å². The SMILES string of the molecule is C=C(CCSC(C)C)C(C)C. The monoisotopic (exact) mass is 172 g/mol. The van der Waals surface area contributed by atoms with Gasteiger partial charge >= 0.3 is 0 Å². The fraction of sp³-hybridized carbons (Fsp3) is 0.800. The summed E-state index contributed by atoms with van der Waals surface area (Å²) in [6.45, 7) is 12.9. The van der Waals surface area contributed by atoms with Crippen molar-refractivity contribution in [3.63, 3.8) is 0 Å². The van der Waals surface area contributed by atoms with Gasteiger partial charge in [-0.05, 0) is 23.3 Å². The van der Waals surface area contributed by atoms with Crippen molar-refractivity contribution in [3.05, 3.63) is 12.2 Å². The van der Waals surface area contributed by atoms with Gasteiger partial charge in [0.25, 0.3) is 0 Å². The van der Waals surface area contributed by atoms with E-state index in [-0.39, 0.29) is 0 Å². The van der Waals surface area contributed by atoms with Gasteiger partial charge in [0.1, 0.15) is 0 Å². The van der Waals surface area contributed by atoms with Crippen molar-refractivity contribution < 1.29 is 0 Å². The second-order valence-corrected chi connectivity index (χ2v) is 5.17. The van der Waals surface area contributed by atoms with E-state index in [0.29, 0.717) is 5.92 Å². The molecule has 0 rings (SSSR count). The number of allylic oxidation sites excluding steroid dienone is 1. The summed E-state index contributed by atoms with van der Waals surface area (Å²) in [6, 6.07) is 0. The van der Waals surface area contributed by atoms with Crippen molar-refractivity contribution in [3.8, 4) is 0 Å². The molecule has 0 aromatic heterocycles. The lowest BCUT2D eigenvalue weighted by molar-refractivity contribution is 0.738. The largest absolute Gasteiger partial charge is 0.159 e. The minimum absolute atomic E-state index is 0.655. The molecule has 0 radical (unpaired) electrons. The van der Waals surface area contributed by atoms with Gasteiger partial charge in [0.05, 0.1) is 0 Å². The van der Waals surface area contributed by atoms with Crippen LogP contribution >= 0.6 is 11.8 Å². The molecule has 11 heavy (non-hydrogen) atoms. The third-order valence-corrected chi connectivity index (χ3v) is 2.80. The van der Waals surface area contributed by atoms with Gasteiger partial charge in [0.15, 0.2) is 0 Å². The summed E-state index contributed by atoms with van der Waals surface area (Å²) in [6.07, 6.45) is 1.18. The average Bonchev–Trinajstić information content (AvgIpc) is 1.86. The molecule has 1 heteroatoms. The van der Waals surface area contributed by atoms with Crippen molar-refractivity contribution in [2.45, 2.75) is 39.4 Å². The first-order chi connectivity index (χ1) is 5.04. The molecule has 0 heterocycles. The van der Waals surface area contributed by atoms with Gasteiger partial charge in [-0.15, -0.1) is 0 Å². The van der Waals surface area contributed by atoms with E-state index in [1.165, 1.54) is 17.7 Å². The Hall–Kier alpha value is 0.0900. The molecule has 0 aliphatic heterocycles. The molecule has 0 aromatic carbocycles. The van der Waals surface area contributed by atoms with Gasteiger partial charge in [-0.2, -0.15) is 11.8 Å². The Kier molecular flexibility index (Phi) is 5.75. The smallest absolute Gasteiger partial charge is 0.000957 e. The molecular weight excluding hydrogens is 152 g/mol. The second kappa shape index (κ2) is 5.70. The van der Waals surface area contributed by atoms with Gasteiger partial charge in [0, 0.05) is 0 Å². The minimum atomic E-state index is 0.655. The Morgan fingerprint density at radius 2 is 1.82 bits per heavy atom. The Labute approximate surface area is 75.5 Å². The highest BCUT2D eigenvalue weighted by Crippen LogP contribution is 2.17. The molecule has 0 N–H and O–H groups in total. The maximum atomic E-state index is 4.04. The summed E-state index contributed by atoms with van der Waals surface area (Å²) in [4.78, 5) is 0. The first kappa shape index (κ1) is 11.1. The minimum Gasteiger partial charge on any atom is -0.159 e. The molecule has 0 saturated heterocycles. The fourth-order valence-electron chi connectivity index (χ4n) is 0.714. The summed E-state index contributed by atoms with van der Waals surface area (Å²) >= 11 is 2.02. The molecule has 0 amide bonds. The van der Waals surface area contributed by atoms with Crippen LogP contribution in [0.25, 0.3) is 0 Å². The van der Waals surface area contributed by atoms with E-state index < -0.39 is 0 Å². The van der Waals surface area contributed by atoms with Gasteiger partial charge in [-0.3, -0.25) is 0 Å². The molecule has 0 nitrogen and oxygen atoms in total. The lowest BCUT2D eigenvalue weighted by atomic mass is 10.0. The van der Waals surface area contributed by atoms with E-state index in [1.807, 2.05) is 11.8 Å². The topological polar surface area (TPSA) is 0 Å². The van der Waals surface area contributed by atoms with Gasteiger partial charge in [-0.25, -0.2) is 0 Å². The number of rotatable bonds is 5. The molecular formula is C10H20S. The summed E-state index contributed by atoms with van der Waals surface area (Å²) in [5.74, 6) is 1.89. The zero-order valence-electron chi connectivity index (χ0n) is 8.18. The lowest BCUT2D eigenvalue weighted by Crippen LogP contribution is -1.96. The molecule has 0 saturated carbocycles. The van der Waals surface area contributed by atoms with Crippen molar-refractivity contribution in [1.29, 1.82) is 0 Å². The van der Waals surface area contributed by atoms with Gasteiger partial charge < -0.3 is 0 Å². The van der Waals surface area contributed by atoms with E-state index >= 15 is 0 Å². The first-order valence-corrected chi connectivity index (χ1v) is 5.38. The van der Waals surface area contributed by atoms with Crippen LogP contribution in [-0.4, -0.2) is 11.0 Å². The van der Waals surface area contributed by atoms with Crippen LogP contribution in [0.4, 0.5) is 0 Å². The summed E-state index contributed by atoms with van der Waals surface area (Å²) in [7, 11) is 0. The average molecular weight is 172 g/mol. The molecule has 0 aromatic rings. The zero-order chi connectivity index (χ0) is 8.85. The maximum Gasteiger partial charge on any atom is -0.000957 e. The third-order valence-electron chi connectivity index (χ3n) is 1.69. The first-order valence-electron chi connectivity index (χ1n) is 4.33. The van der Waals surface area contributed by atoms with Crippen molar-refractivity contribution >= 4 is 11.8 Å². The third kappa shape index (κ3) is 6.49. The summed E-state index contributed by atoms with van der Waals surface area (Å²) < 4.78 is 0. The van der Waals surface area contributed by atoms with Gasteiger partial charge in [0.2, 0.25) is 0 Å². The lowest BCUT2D eigenvalue weighted by Gasteiger charge is -2.09.